The lowest BCUT2D eigenvalue weighted by Gasteiger charge is -2.35. The van der Waals surface area contributed by atoms with Crippen molar-refractivity contribution >= 4 is 28.9 Å². The Labute approximate surface area is 200 Å². The summed E-state index contributed by atoms with van der Waals surface area (Å²) in [7, 11) is 0. The average molecular weight is 475 g/mol. The zero-order valence-electron chi connectivity index (χ0n) is 18.4. The highest BCUT2D eigenvalue weighted by Gasteiger charge is 2.36. The minimum Gasteiger partial charge on any atom is -0.334 e. The average Bonchev–Trinajstić information content (AvgIpc) is 3.28. The van der Waals surface area contributed by atoms with Crippen LogP contribution >= 0.6 is 11.6 Å². The molecule has 0 spiro atoms. The van der Waals surface area contributed by atoms with Crippen molar-refractivity contribution in [1.82, 2.24) is 15.5 Å². The Morgan fingerprint density at radius 2 is 1.82 bits per heavy atom. The fourth-order valence-corrected chi connectivity index (χ4v) is 4.32. The highest BCUT2D eigenvalue weighted by molar-refractivity contribution is 6.30. The van der Waals surface area contributed by atoms with Crippen LogP contribution in [0.5, 0.6) is 0 Å². The highest BCUT2D eigenvalue weighted by Crippen LogP contribution is 2.39. The third-order valence-electron chi connectivity index (χ3n) is 5.67. The Hall–Kier alpha value is -3.97. The van der Waals surface area contributed by atoms with Gasteiger partial charge in [0.15, 0.2) is 0 Å². The molecule has 1 atom stereocenters. The molecular formula is C26H20ClFN4O2. The Morgan fingerprint density at radius 3 is 2.59 bits per heavy atom. The molecule has 2 heterocycles. The van der Waals surface area contributed by atoms with Crippen LogP contribution in [0, 0.1) is 12.7 Å². The van der Waals surface area contributed by atoms with E-state index >= 15 is 0 Å². The van der Waals surface area contributed by atoms with Crippen LogP contribution in [0.15, 0.2) is 83.0 Å². The second kappa shape index (κ2) is 8.76. The van der Waals surface area contributed by atoms with E-state index in [-0.39, 0.29) is 5.89 Å². The molecule has 8 heteroatoms. The number of aromatic nitrogens is 2. The summed E-state index contributed by atoms with van der Waals surface area (Å²) in [5.41, 5.74) is 4.16. The van der Waals surface area contributed by atoms with Crippen molar-refractivity contribution < 1.29 is 13.7 Å². The van der Waals surface area contributed by atoms with E-state index in [2.05, 4.69) is 15.5 Å². The summed E-state index contributed by atoms with van der Waals surface area (Å²) < 4.78 is 19.7. The standard InChI is InChI=1S/C26H20ClFN4O2/c1-15-6-3-8-18(12-15)24-30-25(34-31-24)22-16(2)32(21-11-5-10-20(28)14-21)26(33)29-23(22)17-7-4-9-19(27)13-17/h3-14,23H,1-2H3,(H,29,33). The molecule has 0 radical (unpaired) electrons. The van der Waals surface area contributed by atoms with Gasteiger partial charge in [0.05, 0.1) is 17.3 Å². The van der Waals surface area contributed by atoms with Gasteiger partial charge in [-0.15, -0.1) is 0 Å². The molecule has 4 aromatic rings. The van der Waals surface area contributed by atoms with E-state index in [0.717, 1.165) is 16.7 Å². The first kappa shape index (κ1) is 21.9. The van der Waals surface area contributed by atoms with Crippen LogP contribution in [-0.4, -0.2) is 16.2 Å². The molecule has 170 valence electrons. The topological polar surface area (TPSA) is 71.3 Å². The minimum atomic E-state index is -0.596. The molecule has 6 nitrogen and oxygen atoms in total. The summed E-state index contributed by atoms with van der Waals surface area (Å²) in [6.45, 7) is 3.76. The molecule has 0 bridgehead atoms. The number of hydrogen-bond donors (Lipinski definition) is 1. The van der Waals surface area contributed by atoms with Crippen molar-refractivity contribution in [2.45, 2.75) is 19.9 Å². The van der Waals surface area contributed by atoms with Gasteiger partial charge in [0.2, 0.25) is 5.82 Å². The Balaban J connectivity index is 1.67. The third kappa shape index (κ3) is 4.06. The van der Waals surface area contributed by atoms with Crippen LogP contribution in [0.3, 0.4) is 0 Å². The minimum absolute atomic E-state index is 0.250. The van der Waals surface area contributed by atoms with Crippen molar-refractivity contribution in [3.8, 4) is 11.4 Å². The molecule has 1 aromatic heterocycles. The molecule has 1 aliphatic rings. The number of carbonyl (C=O) groups is 1. The van der Waals surface area contributed by atoms with Crippen LogP contribution < -0.4 is 10.2 Å². The quantitative estimate of drug-likeness (QED) is 0.364. The maximum atomic E-state index is 14.0. The Kier molecular flexibility index (Phi) is 5.63. The third-order valence-corrected chi connectivity index (χ3v) is 5.90. The van der Waals surface area contributed by atoms with E-state index in [1.807, 2.05) is 43.3 Å². The summed E-state index contributed by atoms with van der Waals surface area (Å²) in [6.07, 6.45) is 0. The first-order valence-corrected chi connectivity index (χ1v) is 11.0. The van der Waals surface area contributed by atoms with Crippen molar-refractivity contribution in [3.63, 3.8) is 0 Å². The monoisotopic (exact) mass is 474 g/mol. The molecule has 0 saturated carbocycles. The van der Waals surface area contributed by atoms with Gasteiger partial charge in [-0.1, -0.05) is 58.7 Å². The van der Waals surface area contributed by atoms with Gasteiger partial charge in [-0.3, -0.25) is 4.90 Å². The van der Waals surface area contributed by atoms with E-state index in [1.165, 1.54) is 17.0 Å². The molecule has 1 unspecified atom stereocenters. The normalized spacial score (nSPS) is 16.1. The fourth-order valence-electron chi connectivity index (χ4n) is 4.12. The van der Waals surface area contributed by atoms with Crippen LogP contribution in [0.1, 0.15) is 30.0 Å². The van der Waals surface area contributed by atoms with Crippen molar-refractivity contribution in [2.24, 2.45) is 0 Å². The molecular weight excluding hydrogens is 455 g/mol. The maximum absolute atomic E-state index is 14.0. The smallest absolute Gasteiger partial charge is 0.327 e. The second-order valence-electron chi connectivity index (χ2n) is 8.04. The number of aryl methyl sites for hydroxylation is 1. The Bertz CT molecular complexity index is 1430. The van der Waals surface area contributed by atoms with Gasteiger partial charge in [0.25, 0.3) is 5.89 Å². The molecule has 1 aliphatic heterocycles. The van der Waals surface area contributed by atoms with Gasteiger partial charge in [-0.2, -0.15) is 4.98 Å². The van der Waals surface area contributed by atoms with Gasteiger partial charge < -0.3 is 9.84 Å². The first-order chi connectivity index (χ1) is 16.4. The van der Waals surface area contributed by atoms with Crippen molar-refractivity contribution in [3.05, 3.63) is 106 Å². The maximum Gasteiger partial charge on any atom is 0.327 e. The predicted octanol–water partition coefficient (Wildman–Crippen LogP) is 6.54. The number of rotatable bonds is 4. The predicted molar refractivity (Wildman–Crippen MR) is 129 cm³/mol. The van der Waals surface area contributed by atoms with E-state index in [1.54, 1.807) is 31.2 Å². The summed E-state index contributed by atoms with van der Waals surface area (Å²) in [6, 6.07) is 19.8. The largest absolute Gasteiger partial charge is 0.334 e. The fraction of sp³-hybridized carbons (Fsp3) is 0.115. The van der Waals surface area contributed by atoms with E-state index in [0.29, 0.717) is 27.8 Å². The second-order valence-corrected chi connectivity index (χ2v) is 8.48. The molecule has 0 aliphatic carbocycles. The van der Waals surface area contributed by atoms with Crippen LogP contribution in [0.2, 0.25) is 5.02 Å². The van der Waals surface area contributed by atoms with Crippen LogP contribution in [-0.2, 0) is 0 Å². The summed E-state index contributed by atoms with van der Waals surface area (Å²) >= 11 is 6.24. The number of amides is 2. The van der Waals surface area contributed by atoms with Gasteiger partial charge in [-0.05, 0) is 55.8 Å². The van der Waals surface area contributed by atoms with Crippen LogP contribution in [0.25, 0.3) is 17.0 Å². The number of nitrogens with one attached hydrogen (secondary N) is 1. The number of carbonyl (C=O) groups excluding carboxylic acids is 1. The summed E-state index contributed by atoms with van der Waals surface area (Å²) in [4.78, 5) is 19.2. The number of benzene rings is 3. The van der Waals surface area contributed by atoms with E-state index in [4.69, 9.17) is 16.1 Å². The first-order valence-electron chi connectivity index (χ1n) is 10.6. The van der Waals surface area contributed by atoms with E-state index in [9.17, 15) is 9.18 Å². The molecule has 0 fully saturated rings. The molecule has 0 saturated heterocycles. The lowest BCUT2D eigenvalue weighted by atomic mass is 9.94. The summed E-state index contributed by atoms with van der Waals surface area (Å²) in [5, 5.41) is 7.69. The molecule has 3 aromatic carbocycles. The lowest BCUT2D eigenvalue weighted by Crippen LogP contribution is -2.46. The number of allylic oxidation sites excluding steroid dienone is 1. The molecule has 2 amide bonds. The van der Waals surface area contributed by atoms with E-state index < -0.39 is 17.9 Å². The highest BCUT2D eigenvalue weighted by atomic mass is 35.5. The van der Waals surface area contributed by atoms with Crippen molar-refractivity contribution in [2.75, 3.05) is 4.90 Å². The molecule has 34 heavy (non-hydrogen) atoms. The van der Waals surface area contributed by atoms with Gasteiger partial charge in [0.1, 0.15) is 5.82 Å². The zero-order chi connectivity index (χ0) is 23.8. The molecule has 5 rings (SSSR count). The Morgan fingerprint density at radius 1 is 1.03 bits per heavy atom. The van der Waals surface area contributed by atoms with Gasteiger partial charge >= 0.3 is 6.03 Å². The van der Waals surface area contributed by atoms with Gasteiger partial charge in [0, 0.05) is 16.3 Å². The number of hydrogen-bond acceptors (Lipinski definition) is 4. The SMILES string of the molecule is CC1=C(c2nc(-c3cccc(C)c3)no2)C(c2cccc(Cl)c2)NC(=O)N1c1cccc(F)c1. The number of halogens is 2. The zero-order valence-corrected chi connectivity index (χ0v) is 19.2. The number of nitrogens with zero attached hydrogens (tertiary/aromatic N) is 3. The van der Waals surface area contributed by atoms with Gasteiger partial charge in [-0.25, -0.2) is 9.18 Å². The number of anilines is 1. The molecule has 1 N–H and O–H groups in total. The van der Waals surface area contributed by atoms with Crippen molar-refractivity contribution in [1.29, 1.82) is 0 Å². The van der Waals surface area contributed by atoms with Crippen LogP contribution in [0.4, 0.5) is 14.9 Å². The summed E-state index contributed by atoms with van der Waals surface area (Å²) in [5.74, 6) is 0.231. The number of urea groups is 1. The lowest BCUT2D eigenvalue weighted by molar-refractivity contribution is 0.244.